The fraction of sp³-hybridized carbons (Fsp3) is 0.222. The van der Waals surface area contributed by atoms with E-state index in [9.17, 15) is 9.59 Å². The van der Waals surface area contributed by atoms with E-state index in [4.69, 9.17) is 26.8 Å². The summed E-state index contributed by atoms with van der Waals surface area (Å²) in [6, 6.07) is 13.6. The molecule has 2 aromatic carbocycles. The topological polar surface area (TPSA) is 78.6 Å². The number of hydrogen-bond acceptors (Lipinski definition) is 4. The number of nitrogens with two attached hydrogens (primary N) is 1. The van der Waals surface area contributed by atoms with Crippen molar-refractivity contribution in [3.05, 3.63) is 64.7 Å². The van der Waals surface area contributed by atoms with Gasteiger partial charge in [-0.1, -0.05) is 41.9 Å². The van der Waals surface area contributed by atoms with Gasteiger partial charge in [-0.3, -0.25) is 4.79 Å². The van der Waals surface area contributed by atoms with Crippen molar-refractivity contribution in [1.29, 1.82) is 0 Å². The molecule has 0 bridgehead atoms. The Kier molecular flexibility index (Phi) is 5.82. The number of benzene rings is 2. The number of ether oxygens (including phenoxy) is 2. The number of carbonyl (C=O) groups excluding carboxylic acids is 2. The van der Waals surface area contributed by atoms with Crippen LogP contribution >= 0.6 is 11.6 Å². The van der Waals surface area contributed by atoms with E-state index in [0.717, 1.165) is 5.56 Å². The zero-order valence-corrected chi connectivity index (χ0v) is 14.1. The Bertz CT molecular complexity index is 733. The predicted octanol–water partition coefficient (Wildman–Crippen LogP) is 3.19. The first-order chi connectivity index (χ1) is 11.4. The number of primary amides is 1. The van der Waals surface area contributed by atoms with Crippen molar-refractivity contribution in [3.8, 4) is 5.75 Å². The van der Waals surface area contributed by atoms with Gasteiger partial charge in [0.2, 0.25) is 6.10 Å². The van der Waals surface area contributed by atoms with Gasteiger partial charge in [0.1, 0.15) is 5.75 Å². The van der Waals surface area contributed by atoms with E-state index < -0.39 is 24.1 Å². The van der Waals surface area contributed by atoms with Crippen LogP contribution < -0.4 is 10.5 Å². The molecule has 0 saturated heterocycles. The molecule has 0 heterocycles. The van der Waals surface area contributed by atoms with Crippen molar-refractivity contribution >= 4 is 23.5 Å². The lowest BCUT2D eigenvalue weighted by Crippen LogP contribution is -2.32. The fourth-order valence-electron chi connectivity index (χ4n) is 2.11. The van der Waals surface area contributed by atoms with Crippen LogP contribution in [0.15, 0.2) is 48.5 Å². The molecule has 0 radical (unpaired) electrons. The minimum Gasteiger partial charge on any atom is -0.479 e. The maximum Gasteiger partial charge on any atom is 0.348 e. The van der Waals surface area contributed by atoms with Gasteiger partial charge in [0, 0.05) is 10.6 Å². The van der Waals surface area contributed by atoms with Gasteiger partial charge in [0.25, 0.3) is 5.91 Å². The zero-order chi connectivity index (χ0) is 17.7. The monoisotopic (exact) mass is 347 g/mol. The molecular weight excluding hydrogens is 330 g/mol. The van der Waals surface area contributed by atoms with Crippen molar-refractivity contribution in [2.24, 2.45) is 5.73 Å². The van der Waals surface area contributed by atoms with Crippen LogP contribution in [-0.4, -0.2) is 18.0 Å². The number of esters is 1. The molecule has 2 rings (SSSR count). The van der Waals surface area contributed by atoms with Crippen LogP contribution in [0.1, 0.15) is 24.2 Å². The molecule has 2 N–H and O–H groups in total. The third-order valence-corrected chi connectivity index (χ3v) is 3.60. The Morgan fingerprint density at radius 3 is 2.38 bits per heavy atom. The Balaban J connectivity index is 2.08. The second-order valence-corrected chi connectivity index (χ2v) is 5.74. The summed E-state index contributed by atoms with van der Waals surface area (Å²) in [6.45, 7) is 3.36. The first-order valence-corrected chi connectivity index (χ1v) is 7.74. The molecule has 0 unspecified atom stereocenters. The summed E-state index contributed by atoms with van der Waals surface area (Å²) in [6.07, 6.45) is -2.06. The van der Waals surface area contributed by atoms with Crippen LogP contribution in [0.5, 0.6) is 5.75 Å². The zero-order valence-electron chi connectivity index (χ0n) is 13.4. The standard InChI is InChI=1S/C18H18ClNO4/c1-11-10-14(19)8-9-15(11)23-12(2)18(22)24-16(17(20)21)13-6-4-3-5-7-13/h3-10,12,16H,1-2H3,(H2,20,21)/t12-,16-/m0/s1. The summed E-state index contributed by atoms with van der Waals surface area (Å²) in [5, 5.41) is 0.577. The molecule has 0 aliphatic heterocycles. The molecule has 0 aliphatic rings. The lowest BCUT2D eigenvalue weighted by molar-refractivity contribution is -0.161. The first kappa shape index (κ1) is 17.8. The highest BCUT2D eigenvalue weighted by atomic mass is 35.5. The summed E-state index contributed by atoms with van der Waals surface area (Å²) >= 11 is 5.89. The maximum absolute atomic E-state index is 12.2. The van der Waals surface area contributed by atoms with E-state index in [-0.39, 0.29) is 0 Å². The fourth-order valence-corrected chi connectivity index (χ4v) is 2.34. The van der Waals surface area contributed by atoms with Crippen molar-refractivity contribution in [1.82, 2.24) is 0 Å². The molecule has 2 aromatic rings. The van der Waals surface area contributed by atoms with Crippen molar-refractivity contribution in [3.63, 3.8) is 0 Å². The SMILES string of the molecule is Cc1cc(Cl)ccc1O[C@@H](C)C(=O)O[C@H](C(N)=O)c1ccccc1. The molecule has 0 aromatic heterocycles. The van der Waals surface area contributed by atoms with Crippen LogP contribution in [0.4, 0.5) is 0 Å². The molecule has 0 saturated carbocycles. The number of amides is 1. The summed E-state index contributed by atoms with van der Waals surface area (Å²) in [4.78, 5) is 23.8. The maximum atomic E-state index is 12.2. The van der Waals surface area contributed by atoms with Gasteiger partial charge in [-0.05, 0) is 37.6 Å². The first-order valence-electron chi connectivity index (χ1n) is 7.36. The van der Waals surface area contributed by atoms with E-state index >= 15 is 0 Å². The highest BCUT2D eigenvalue weighted by Crippen LogP contribution is 2.24. The van der Waals surface area contributed by atoms with Crippen LogP contribution in [0.25, 0.3) is 0 Å². The molecule has 6 heteroatoms. The quantitative estimate of drug-likeness (QED) is 0.814. The van der Waals surface area contributed by atoms with Gasteiger partial charge in [0.05, 0.1) is 0 Å². The van der Waals surface area contributed by atoms with Gasteiger partial charge < -0.3 is 15.2 Å². The van der Waals surface area contributed by atoms with Crippen LogP contribution in [-0.2, 0) is 14.3 Å². The molecule has 126 valence electrons. The van der Waals surface area contributed by atoms with Crippen molar-refractivity contribution in [2.45, 2.75) is 26.1 Å². The van der Waals surface area contributed by atoms with E-state index in [2.05, 4.69) is 0 Å². The Labute approximate surface area is 145 Å². The van der Waals surface area contributed by atoms with Gasteiger partial charge in [-0.25, -0.2) is 4.79 Å². The number of carbonyl (C=O) groups is 2. The van der Waals surface area contributed by atoms with Gasteiger partial charge in [-0.2, -0.15) is 0 Å². The highest BCUT2D eigenvalue weighted by Gasteiger charge is 2.26. The molecule has 2 atom stereocenters. The van der Waals surface area contributed by atoms with Crippen LogP contribution in [0.2, 0.25) is 5.02 Å². The third kappa shape index (κ3) is 4.49. The highest BCUT2D eigenvalue weighted by molar-refractivity contribution is 6.30. The average molecular weight is 348 g/mol. The van der Waals surface area contributed by atoms with E-state index in [1.807, 2.05) is 6.92 Å². The second kappa shape index (κ2) is 7.84. The Morgan fingerprint density at radius 1 is 1.12 bits per heavy atom. The summed E-state index contributed by atoms with van der Waals surface area (Å²) in [5.74, 6) is -0.916. The lowest BCUT2D eigenvalue weighted by atomic mass is 10.1. The Morgan fingerprint density at radius 2 is 1.79 bits per heavy atom. The van der Waals surface area contributed by atoms with Crippen LogP contribution in [0.3, 0.4) is 0 Å². The second-order valence-electron chi connectivity index (χ2n) is 5.30. The minimum absolute atomic E-state index is 0.508. The van der Waals surface area contributed by atoms with Gasteiger partial charge >= 0.3 is 5.97 Å². The van der Waals surface area contributed by atoms with E-state index in [1.165, 1.54) is 0 Å². The van der Waals surface area contributed by atoms with Gasteiger partial charge in [0.15, 0.2) is 6.10 Å². The number of rotatable bonds is 6. The number of hydrogen-bond donors (Lipinski definition) is 1. The van der Waals surface area contributed by atoms with Crippen molar-refractivity contribution in [2.75, 3.05) is 0 Å². The normalized spacial score (nSPS) is 13.0. The lowest BCUT2D eigenvalue weighted by Gasteiger charge is -2.19. The molecule has 0 aliphatic carbocycles. The molecule has 1 amide bonds. The molecule has 0 fully saturated rings. The summed E-state index contributed by atoms with van der Waals surface area (Å²) < 4.78 is 10.8. The van der Waals surface area contributed by atoms with Crippen molar-refractivity contribution < 1.29 is 19.1 Å². The predicted molar refractivity (Wildman–Crippen MR) is 90.7 cm³/mol. The molecular formula is C18H18ClNO4. The molecule has 24 heavy (non-hydrogen) atoms. The summed E-state index contributed by atoms with van der Waals surface area (Å²) in [5.41, 5.74) is 6.64. The van der Waals surface area contributed by atoms with E-state index in [0.29, 0.717) is 16.3 Å². The number of aryl methyl sites for hydroxylation is 1. The third-order valence-electron chi connectivity index (χ3n) is 3.37. The Hall–Kier alpha value is -2.53. The minimum atomic E-state index is -1.16. The molecule has 0 spiro atoms. The largest absolute Gasteiger partial charge is 0.479 e. The molecule has 5 nitrogen and oxygen atoms in total. The van der Waals surface area contributed by atoms with E-state index in [1.54, 1.807) is 55.5 Å². The number of halogens is 1. The average Bonchev–Trinajstić information content (AvgIpc) is 2.55. The smallest absolute Gasteiger partial charge is 0.348 e. The van der Waals surface area contributed by atoms with Gasteiger partial charge in [-0.15, -0.1) is 0 Å². The summed E-state index contributed by atoms with van der Waals surface area (Å²) in [7, 11) is 0. The van der Waals surface area contributed by atoms with Crippen LogP contribution in [0, 0.1) is 6.92 Å².